The molecule has 0 N–H and O–H groups in total. The molecule has 298 valence electrons. The van der Waals surface area contributed by atoms with E-state index in [4.69, 9.17) is 4.42 Å². The molecule has 0 amide bonds. The molecule has 0 saturated carbocycles. The Morgan fingerprint density at radius 3 is 1.69 bits per heavy atom. The Morgan fingerprint density at radius 2 is 0.906 bits per heavy atom. The molecule has 64 heavy (non-hydrogen) atoms. The Balaban J connectivity index is 0.936. The maximum absolute atomic E-state index is 6.48. The minimum absolute atomic E-state index is 0.391. The molecule has 1 spiro atoms. The molecule has 3 heteroatoms. The van der Waals surface area contributed by atoms with Gasteiger partial charge >= 0.3 is 0 Å². The third kappa shape index (κ3) is 4.85. The van der Waals surface area contributed by atoms with Crippen molar-refractivity contribution in [1.82, 2.24) is 0 Å². The summed E-state index contributed by atoms with van der Waals surface area (Å²) in [5, 5.41) is 4.80. The summed E-state index contributed by atoms with van der Waals surface area (Å²) in [6.07, 6.45) is 0. The Kier molecular flexibility index (Phi) is 7.51. The highest BCUT2D eigenvalue weighted by Crippen LogP contribution is 2.64. The maximum Gasteiger partial charge on any atom is 0.137 e. The second-order valence-corrected chi connectivity index (χ2v) is 18.1. The van der Waals surface area contributed by atoms with Crippen molar-refractivity contribution >= 4 is 70.5 Å². The SMILES string of the molecule is c1ccc(-c2cccc3c2-c2ccccc2C32c3ccccc3-c3ccccc32)c(-c2ccc(N(c3ccc4c(c3)oc3ccccc34)c3cccc4c3sc3ccccc34)cc2)c1. The van der Waals surface area contributed by atoms with Crippen LogP contribution < -0.4 is 4.90 Å². The van der Waals surface area contributed by atoms with Crippen LogP contribution in [-0.2, 0) is 5.41 Å². The van der Waals surface area contributed by atoms with Gasteiger partial charge in [-0.15, -0.1) is 11.3 Å². The molecule has 14 rings (SSSR count). The number of nitrogens with zero attached hydrogens (tertiary/aromatic N) is 1. The maximum atomic E-state index is 6.48. The number of benzene rings is 10. The minimum atomic E-state index is -0.391. The number of rotatable bonds is 5. The summed E-state index contributed by atoms with van der Waals surface area (Å²) in [7, 11) is 0. The van der Waals surface area contributed by atoms with E-state index in [2.05, 4.69) is 223 Å². The fourth-order valence-electron chi connectivity index (χ4n) is 11.3. The molecule has 0 unspecified atom stereocenters. The van der Waals surface area contributed by atoms with Gasteiger partial charge in [-0.1, -0.05) is 176 Å². The summed E-state index contributed by atoms with van der Waals surface area (Å²) in [5.74, 6) is 0. The van der Waals surface area contributed by atoms with Crippen LogP contribution in [0.4, 0.5) is 17.1 Å². The number of hydrogen-bond acceptors (Lipinski definition) is 3. The van der Waals surface area contributed by atoms with Crippen molar-refractivity contribution in [2.24, 2.45) is 0 Å². The number of furan rings is 1. The molecule has 0 saturated heterocycles. The summed E-state index contributed by atoms with van der Waals surface area (Å²) in [6, 6.07) is 82.7. The predicted octanol–water partition coefficient (Wildman–Crippen LogP) is 17.1. The first-order chi connectivity index (χ1) is 31.8. The predicted molar refractivity (Wildman–Crippen MR) is 268 cm³/mol. The van der Waals surface area contributed by atoms with Crippen LogP contribution in [0.15, 0.2) is 229 Å². The Bertz CT molecular complexity index is 3820. The molecular formula is C61H37NOS. The lowest BCUT2D eigenvalue weighted by Gasteiger charge is -2.30. The van der Waals surface area contributed by atoms with E-state index in [0.29, 0.717) is 0 Å². The summed E-state index contributed by atoms with van der Waals surface area (Å²) < 4.78 is 9.02. The molecule has 12 aromatic rings. The van der Waals surface area contributed by atoms with Crippen LogP contribution in [0.5, 0.6) is 0 Å². The fourth-order valence-corrected chi connectivity index (χ4v) is 12.5. The van der Waals surface area contributed by atoms with Crippen molar-refractivity contribution in [1.29, 1.82) is 0 Å². The molecular weight excluding hydrogens is 795 g/mol. The molecule has 10 aromatic carbocycles. The van der Waals surface area contributed by atoms with Crippen molar-refractivity contribution in [3.05, 3.63) is 247 Å². The molecule has 2 heterocycles. The summed E-state index contributed by atoms with van der Waals surface area (Å²) in [5.41, 5.74) is 20.2. The van der Waals surface area contributed by atoms with Crippen molar-refractivity contribution in [2.75, 3.05) is 4.90 Å². The first-order valence-electron chi connectivity index (χ1n) is 22.0. The third-order valence-corrected chi connectivity index (χ3v) is 15.1. The topological polar surface area (TPSA) is 16.4 Å². The first-order valence-corrected chi connectivity index (χ1v) is 22.8. The van der Waals surface area contributed by atoms with Crippen molar-refractivity contribution in [3.8, 4) is 44.5 Å². The van der Waals surface area contributed by atoms with Crippen LogP contribution in [0, 0.1) is 0 Å². The Labute approximate surface area is 374 Å². The minimum Gasteiger partial charge on any atom is -0.456 e. The van der Waals surface area contributed by atoms with Gasteiger partial charge in [-0.05, 0) is 109 Å². The van der Waals surface area contributed by atoms with Crippen LogP contribution in [0.1, 0.15) is 22.3 Å². The average molecular weight is 832 g/mol. The highest BCUT2D eigenvalue weighted by molar-refractivity contribution is 7.26. The van der Waals surface area contributed by atoms with E-state index < -0.39 is 5.41 Å². The Hall–Kier alpha value is -7.98. The lowest BCUT2D eigenvalue weighted by atomic mass is 9.70. The molecule has 0 aliphatic heterocycles. The van der Waals surface area contributed by atoms with Gasteiger partial charge in [0.15, 0.2) is 0 Å². The van der Waals surface area contributed by atoms with Crippen molar-refractivity contribution in [2.45, 2.75) is 5.41 Å². The number of fused-ring (bicyclic) bond motifs is 16. The standard InChI is InChI=1S/C61H37NOS/c1-2-16-42(48-22-13-27-54-59(48)50-21-5-10-26-53(50)61(54)51-24-8-3-17-43(51)44-18-4-9-25-52(44)61)41(15-1)38-31-33-39(34-32-38)62(40-35-36-46-45-19-6-11-29-56(45)63-57(46)37-40)55-28-14-23-49-47-20-7-12-30-58(47)64-60(49)55/h1-37H. The molecule has 0 radical (unpaired) electrons. The number of thiophene rings is 1. The molecule has 0 fully saturated rings. The molecule has 2 aromatic heterocycles. The quantitative estimate of drug-likeness (QED) is 0.172. The van der Waals surface area contributed by atoms with Crippen molar-refractivity contribution in [3.63, 3.8) is 0 Å². The highest BCUT2D eigenvalue weighted by atomic mass is 32.1. The largest absolute Gasteiger partial charge is 0.456 e. The molecule has 0 bridgehead atoms. The van der Waals surface area contributed by atoms with E-state index >= 15 is 0 Å². The van der Waals surface area contributed by atoms with Gasteiger partial charge in [-0.2, -0.15) is 0 Å². The molecule has 2 aliphatic carbocycles. The van der Waals surface area contributed by atoms with E-state index in [-0.39, 0.29) is 0 Å². The average Bonchev–Trinajstić information content (AvgIpc) is 4.10. The zero-order valence-corrected chi connectivity index (χ0v) is 35.4. The normalized spacial score (nSPS) is 13.1. The van der Waals surface area contributed by atoms with Crippen LogP contribution >= 0.6 is 11.3 Å². The number of hydrogen-bond donors (Lipinski definition) is 0. The third-order valence-electron chi connectivity index (χ3n) is 13.9. The van der Waals surface area contributed by atoms with Crippen LogP contribution in [-0.4, -0.2) is 0 Å². The zero-order chi connectivity index (χ0) is 41.9. The van der Waals surface area contributed by atoms with Crippen LogP contribution in [0.3, 0.4) is 0 Å². The van der Waals surface area contributed by atoms with Crippen LogP contribution in [0.2, 0.25) is 0 Å². The lowest BCUT2D eigenvalue weighted by Crippen LogP contribution is -2.25. The first kappa shape index (κ1) is 35.6. The second kappa shape index (κ2) is 13.5. The van der Waals surface area contributed by atoms with E-state index in [1.54, 1.807) is 0 Å². The van der Waals surface area contributed by atoms with E-state index in [1.807, 2.05) is 17.4 Å². The van der Waals surface area contributed by atoms with Gasteiger partial charge < -0.3 is 9.32 Å². The van der Waals surface area contributed by atoms with Gasteiger partial charge in [0.25, 0.3) is 0 Å². The summed E-state index contributed by atoms with van der Waals surface area (Å²) in [6.45, 7) is 0. The Morgan fingerprint density at radius 1 is 0.359 bits per heavy atom. The van der Waals surface area contributed by atoms with E-state index in [0.717, 1.165) is 39.0 Å². The van der Waals surface area contributed by atoms with Crippen molar-refractivity contribution < 1.29 is 4.42 Å². The summed E-state index contributed by atoms with van der Waals surface area (Å²) >= 11 is 1.85. The van der Waals surface area contributed by atoms with Gasteiger partial charge in [0.05, 0.1) is 15.8 Å². The molecule has 0 atom stereocenters. The van der Waals surface area contributed by atoms with Gasteiger partial charge in [0.1, 0.15) is 11.2 Å². The van der Waals surface area contributed by atoms with Gasteiger partial charge in [0.2, 0.25) is 0 Å². The highest BCUT2D eigenvalue weighted by Gasteiger charge is 2.52. The van der Waals surface area contributed by atoms with Crippen LogP contribution in [0.25, 0.3) is 86.6 Å². The second-order valence-electron chi connectivity index (χ2n) is 17.1. The van der Waals surface area contributed by atoms with E-state index in [1.165, 1.54) is 86.9 Å². The number of anilines is 3. The smallest absolute Gasteiger partial charge is 0.137 e. The van der Waals surface area contributed by atoms with E-state index in [9.17, 15) is 0 Å². The lowest BCUT2D eigenvalue weighted by molar-refractivity contribution is 0.669. The molecule has 2 nitrogen and oxygen atoms in total. The number of para-hydroxylation sites is 1. The van der Waals surface area contributed by atoms with Gasteiger partial charge in [-0.3, -0.25) is 0 Å². The summed E-state index contributed by atoms with van der Waals surface area (Å²) in [4.78, 5) is 2.40. The van der Waals surface area contributed by atoms with Gasteiger partial charge in [-0.25, -0.2) is 0 Å². The molecule has 2 aliphatic rings. The zero-order valence-electron chi connectivity index (χ0n) is 34.6. The van der Waals surface area contributed by atoms with Gasteiger partial charge in [0, 0.05) is 43.7 Å². The fraction of sp³-hybridized carbons (Fsp3) is 0.0164. The monoisotopic (exact) mass is 831 g/mol.